The van der Waals surface area contributed by atoms with Crippen LogP contribution in [-0.2, 0) is 0 Å². The molecule has 6 nitrogen and oxygen atoms in total. The number of hydrogen-bond donors (Lipinski definition) is 3. The van der Waals surface area contributed by atoms with Gasteiger partial charge in [0.15, 0.2) is 0 Å². The Morgan fingerprint density at radius 3 is 2.58 bits per heavy atom. The van der Waals surface area contributed by atoms with E-state index < -0.39 is 11.5 Å². The first-order chi connectivity index (χ1) is 8.85. The lowest BCUT2D eigenvalue weighted by molar-refractivity contribution is 0.0352. The summed E-state index contributed by atoms with van der Waals surface area (Å²) >= 11 is 1.18. The van der Waals surface area contributed by atoms with Crippen molar-refractivity contribution in [3.8, 4) is 6.07 Å². The van der Waals surface area contributed by atoms with Gasteiger partial charge in [0.05, 0.1) is 16.9 Å². The van der Waals surface area contributed by atoms with Gasteiger partial charge in [-0.3, -0.25) is 4.79 Å². The Morgan fingerprint density at radius 1 is 1.53 bits per heavy atom. The van der Waals surface area contributed by atoms with Crippen molar-refractivity contribution in [1.82, 2.24) is 0 Å². The standard InChI is InChI=1S/C12H16N4O2S/c1-12(18)2-4-16(5-3-12)11-8(10(15)17)9(14)7(6-13)19-11/h18H,2-5,14H2,1H3,(H2,15,17). The summed E-state index contributed by atoms with van der Waals surface area (Å²) in [6.07, 6.45) is 1.20. The zero-order valence-corrected chi connectivity index (χ0v) is 11.5. The molecule has 0 aromatic carbocycles. The topological polar surface area (TPSA) is 116 Å². The molecule has 1 aliphatic heterocycles. The first-order valence-electron chi connectivity index (χ1n) is 5.95. The van der Waals surface area contributed by atoms with E-state index >= 15 is 0 Å². The molecule has 0 saturated carbocycles. The highest BCUT2D eigenvalue weighted by Gasteiger charge is 2.31. The van der Waals surface area contributed by atoms with Gasteiger partial charge in [-0.2, -0.15) is 5.26 Å². The Balaban J connectivity index is 2.36. The molecule has 0 bridgehead atoms. The molecule has 0 atom stereocenters. The molecular formula is C12H16N4O2S. The third kappa shape index (κ3) is 2.50. The molecule has 2 rings (SSSR count). The van der Waals surface area contributed by atoms with Crippen molar-refractivity contribution < 1.29 is 9.90 Å². The number of anilines is 2. The maximum absolute atomic E-state index is 11.5. The number of nitriles is 1. The van der Waals surface area contributed by atoms with Gasteiger partial charge in [0.2, 0.25) is 0 Å². The molecule has 7 heteroatoms. The van der Waals surface area contributed by atoms with Crippen molar-refractivity contribution in [3.63, 3.8) is 0 Å². The average molecular weight is 280 g/mol. The van der Waals surface area contributed by atoms with Crippen LogP contribution in [0.25, 0.3) is 0 Å². The Morgan fingerprint density at radius 2 is 2.11 bits per heavy atom. The van der Waals surface area contributed by atoms with Crippen LogP contribution in [0.1, 0.15) is 35.0 Å². The van der Waals surface area contributed by atoms with Crippen LogP contribution in [0.2, 0.25) is 0 Å². The van der Waals surface area contributed by atoms with E-state index in [0.717, 1.165) is 0 Å². The number of nitrogens with zero attached hydrogens (tertiary/aromatic N) is 2. The van der Waals surface area contributed by atoms with E-state index in [1.54, 1.807) is 6.92 Å². The van der Waals surface area contributed by atoms with Crippen LogP contribution in [0.5, 0.6) is 0 Å². The van der Waals surface area contributed by atoms with Crippen LogP contribution in [0.15, 0.2) is 0 Å². The molecule has 102 valence electrons. The second-order valence-electron chi connectivity index (χ2n) is 4.99. The van der Waals surface area contributed by atoms with Crippen LogP contribution in [0.4, 0.5) is 10.7 Å². The van der Waals surface area contributed by atoms with E-state index in [1.165, 1.54) is 11.3 Å². The summed E-state index contributed by atoms with van der Waals surface area (Å²) in [5.41, 5.74) is 10.8. The van der Waals surface area contributed by atoms with Gasteiger partial charge < -0.3 is 21.5 Å². The number of nitrogen functional groups attached to an aromatic ring is 1. The molecule has 2 heterocycles. The van der Waals surface area contributed by atoms with Crippen LogP contribution >= 0.6 is 11.3 Å². The first-order valence-corrected chi connectivity index (χ1v) is 6.77. The van der Waals surface area contributed by atoms with Gasteiger partial charge in [-0.15, -0.1) is 11.3 Å². The lowest BCUT2D eigenvalue weighted by Gasteiger charge is -2.36. The molecule has 19 heavy (non-hydrogen) atoms. The molecule has 1 saturated heterocycles. The predicted octanol–water partition coefficient (Wildman–Crippen LogP) is 0.652. The van der Waals surface area contributed by atoms with Crippen molar-refractivity contribution in [2.45, 2.75) is 25.4 Å². The highest BCUT2D eigenvalue weighted by molar-refractivity contribution is 7.17. The number of aliphatic hydroxyl groups is 1. The molecule has 0 aliphatic carbocycles. The summed E-state index contributed by atoms with van der Waals surface area (Å²) < 4.78 is 0. The van der Waals surface area contributed by atoms with Crippen molar-refractivity contribution >= 4 is 27.9 Å². The Kier molecular flexibility index (Phi) is 3.39. The number of amides is 1. The Labute approximate surface area is 115 Å². The van der Waals surface area contributed by atoms with Gasteiger partial charge in [-0.05, 0) is 19.8 Å². The van der Waals surface area contributed by atoms with Gasteiger partial charge in [-0.25, -0.2) is 0 Å². The molecule has 1 aromatic heterocycles. The highest BCUT2D eigenvalue weighted by Crippen LogP contribution is 2.39. The quantitative estimate of drug-likeness (QED) is 0.735. The normalized spacial score (nSPS) is 18.1. The summed E-state index contributed by atoms with van der Waals surface area (Å²) in [4.78, 5) is 13.8. The third-order valence-corrected chi connectivity index (χ3v) is 4.57. The van der Waals surface area contributed by atoms with Gasteiger partial charge in [0.1, 0.15) is 15.9 Å². The number of rotatable bonds is 2. The summed E-state index contributed by atoms with van der Waals surface area (Å²) in [5.74, 6) is -0.623. The molecule has 0 radical (unpaired) electrons. The van der Waals surface area contributed by atoms with Crippen molar-refractivity contribution in [2.75, 3.05) is 23.7 Å². The van der Waals surface area contributed by atoms with Gasteiger partial charge in [0, 0.05) is 13.1 Å². The molecule has 1 amide bonds. The number of piperidine rings is 1. The second-order valence-corrected chi connectivity index (χ2v) is 5.98. The number of thiophene rings is 1. The first kappa shape index (κ1) is 13.6. The van der Waals surface area contributed by atoms with E-state index in [0.29, 0.717) is 35.8 Å². The van der Waals surface area contributed by atoms with E-state index in [4.69, 9.17) is 16.7 Å². The lowest BCUT2D eigenvalue weighted by Crippen LogP contribution is -2.42. The van der Waals surface area contributed by atoms with Gasteiger partial charge >= 0.3 is 0 Å². The SMILES string of the molecule is CC1(O)CCN(c2sc(C#N)c(N)c2C(N)=O)CC1. The molecule has 1 aliphatic rings. The number of nitrogens with two attached hydrogens (primary N) is 2. The van der Waals surface area contributed by atoms with Crippen LogP contribution in [0, 0.1) is 11.3 Å². The molecular weight excluding hydrogens is 264 g/mol. The largest absolute Gasteiger partial charge is 0.396 e. The Hall–Kier alpha value is -1.78. The highest BCUT2D eigenvalue weighted by atomic mass is 32.1. The summed E-state index contributed by atoms with van der Waals surface area (Å²) in [6, 6.07) is 1.98. The number of hydrogen-bond acceptors (Lipinski definition) is 6. The maximum atomic E-state index is 11.5. The fraction of sp³-hybridized carbons (Fsp3) is 0.500. The molecule has 5 N–H and O–H groups in total. The van der Waals surface area contributed by atoms with Crippen LogP contribution in [0.3, 0.4) is 0 Å². The molecule has 1 aromatic rings. The van der Waals surface area contributed by atoms with E-state index in [2.05, 4.69) is 0 Å². The van der Waals surface area contributed by atoms with Gasteiger partial charge in [-0.1, -0.05) is 0 Å². The second kappa shape index (κ2) is 4.72. The Bertz CT molecular complexity index is 549. The minimum atomic E-state index is -0.676. The molecule has 0 unspecified atom stereocenters. The smallest absolute Gasteiger partial charge is 0.253 e. The van der Waals surface area contributed by atoms with E-state index in [9.17, 15) is 9.90 Å². The predicted molar refractivity (Wildman–Crippen MR) is 74.0 cm³/mol. The maximum Gasteiger partial charge on any atom is 0.253 e. The lowest BCUT2D eigenvalue weighted by atomic mass is 9.94. The zero-order chi connectivity index (χ0) is 14.2. The average Bonchev–Trinajstić information content (AvgIpc) is 2.66. The van der Waals surface area contributed by atoms with Crippen molar-refractivity contribution in [3.05, 3.63) is 10.4 Å². The van der Waals surface area contributed by atoms with Gasteiger partial charge in [0.25, 0.3) is 5.91 Å². The summed E-state index contributed by atoms with van der Waals surface area (Å²) in [7, 11) is 0. The van der Waals surface area contributed by atoms with Crippen LogP contribution in [-0.4, -0.2) is 29.7 Å². The molecule has 1 fully saturated rings. The zero-order valence-electron chi connectivity index (χ0n) is 10.6. The van der Waals surface area contributed by atoms with Crippen molar-refractivity contribution in [1.29, 1.82) is 5.26 Å². The minimum Gasteiger partial charge on any atom is -0.396 e. The summed E-state index contributed by atoms with van der Waals surface area (Å²) in [5, 5.41) is 19.6. The van der Waals surface area contributed by atoms with E-state index in [1.807, 2.05) is 11.0 Å². The number of carbonyl (C=O) groups excluding carboxylic acids is 1. The fourth-order valence-electron chi connectivity index (χ4n) is 2.17. The number of carbonyl (C=O) groups is 1. The summed E-state index contributed by atoms with van der Waals surface area (Å²) in [6.45, 7) is 3.01. The van der Waals surface area contributed by atoms with Crippen molar-refractivity contribution in [2.24, 2.45) is 5.73 Å². The fourth-order valence-corrected chi connectivity index (χ4v) is 3.24. The third-order valence-electron chi connectivity index (χ3n) is 3.40. The van der Waals surface area contributed by atoms with Crippen LogP contribution < -0.4 is 16.4 Å². The molecule has 0 spiro atoms. The minimum absolute atomic E-state index is 0.160. The monoisotopic (exact) mass is 280 g/mol. The number of primary amides is 1. The van der Waals surface area contributed by atoms with E-state index in [-0.39, 0.29) is 11.3 Å².